The molecule has 0 spiro atoms. The van der Waals surface area contributed by atoms with E-state index in [0.717, 1.165) is 37.7 Å². The van der Waals surface area contributed by atoms with E-state index in [2.05, 4.69) is 25.7 Å². The van der Waals surface area contributed by atoms with Crippen molar-refractivity contribution in [2.24, 2.45) is 7.05 Å². The molecule has 31 heavy (non-hydrogen) atoms. The standard InChI is InChI=1S/C21H28N6O4/c1-21(6-7-21)25-20(29)31-16-5-4-13(8-16)14-10-22-19(23-11-14)24-18(28)17-9-15(12-30-3)26-27(17)2/h9-11,13,16H,4-8,12H2,1-3H3,(H,25,29)(H,22,23,24,28)/t13-,16+/m1/s1. The number of alkyl carbamates (subject to hydrolysis) is 1. The van der Waals surface area contributed by atoms with E-state index >= 15 is 0 Å². The van der Waals surface area contributed by atoms with Crippen LogP contribution in [-0.4, -0.2) is 50.5 Å². The first kappa shape index (κ1) is 21.2. The zero-order chi connectivity index (χ0) is 22.0. The summed E-state index contributed by atoms with van der Waals surface area (Å²) >= 11 is 0. The Morgan fingerprint density at radius 2 is 2.00 bits per heavy atom. The van der Waals surface area contributed by atoms with Crippen molar-refractivity contribution in [1.82, 2.24) is 25.1 Å². The smallest absolute Gasteiger partial charge is 0.407 e. The monoisotopic (exact) mass is 428 g/mol. The molecule has 2 amide bonds. The second kappa shape index (κ2) is 8.62. The predicted molar refractivity (Wildman–Crippen MR) is 112 cm³/mol. The molecule has 2 aromatic heterocycles. The highest BCUT2D eigenvalue weighted by Gasteiger charge is 2.40. The molecule has 2 heterocycles. The van der Waals surface area contributed by atoms with Crippen LogP contribution in [0, 0.1) is 0 Å². The quantitative estimate of drug-likeness (QED) is 0.695. The van der Waals surface area contributed by atoms with E-state index in [1.165, 1.54) is 4.68 Å². The third kappa shape index (κ3) is 5.19. The minimum Gasteiger partial charge on any atom is -0.446 e. The molecule has 0 saturated heterocycles. The highest BCUT2D eigenvalue weighted by Crippen LogP contribution is 2.37. The van der Waals surface area contributed by atoms with Crippen molar-refractivity contribution in [3.05, 3.63) is 35.4 Å². The number of carbonyl (C=O) groups excluding carboxylic acids is 2. The first-order chi connectivity index (χ1) is 14.8. The Labute approximate surface area is 180 Å². The van der Waals surface area contributed by atoms with Gasteiger partial charge in [0.25, 0.3) is 5.91 Å². The number of ether oxygens (including phenoxy) is 2. The molecule has 0 radical (unpaired) electrons. The van der Waals surface area contributed by atoms with E-state index in [4.69, 9.17) is 9.47 Å². The van der Waals surface area contributed by atoms with E-state index in [9.17, 15) is 9.59 Å². The minimum absolute atomic E-state index is 0.0793. The summed E-state index contributed by atoms with van der Waals surface area (Å²) in [7, 11) is 3.27. The predicted octanol–water partition coefficient (Wildman–Crippen LogP) is 2.52. The first-order valence-corrected chi connectivity index (χ1v) is 10.5. The fourth-order valence-electron chi connectivity index (χ4n) is 3.83. The molecule has 2 saturated carbocycles. The van der Waals surface area contributed by atoms with Gasteiger partial charge in [-0.25, -0.2) is 14.8 Å². The molecular formula is C21H28N6O4. The number of nitrogens with one attached hydrogen (secondary N) is 2. The van der Waals surface area contributed by atoms with Gasteiger partial charge in [0, 0.05) is 32.1 Å². The number of aryl methyl sites for hydroxylation is 1. The number of aromatic nitrogens is 4. The lowest BCUT2D eigenvalue weighted by Crippen LogP contribution is -2.36. The van der Waals surface area contributed by atoms with Crippen LogP contribution in [0.15, 0.2) is 18.5 Å². The van der Waals surface area contributed by atoms with Crippen molar-refractivity contribution in [3.63, 3.8) is 0 Å². The van der Waals surface area contributed by atoms with Crippen LogP contribution in [0.3, 0.4) is 0 Å². The molecule has 0 bridgehead atoms. The molecule has 2 aliphatic carbocycles. The molecule has 0 aliphatic heterocycles. The summed E-state index contributed by atoms with van der Waals surface area (Å²) in [6.45, 7) is 2.36. The SMILES string of the molecule is COCc1cc(C(=O)Nc2ncc([C@@H]3CC[C@H](OC(=O)NC4(C)CC4)C3)cn2)n(C)n1. The highest BCUT2D eigenvalue weighted by molar-refractivity contribution is 6.02. The van der Waals surface area contributed by atoms with Crippen molar-refractivity contribution >= 4 is 17.9 Å². The maximum Gasteiger partial charge on any atom is 0.407 e. The van der Waals surface area contributed by atoms with Gasteiger partial charge in [0.2, 0.25) is 5.95 Å². The Balaban J connectivity index is 1.30. The van der Waals surface area contributed by atoms with Gasteiger partial charge in [0.1, 0.15) is 11.8 Å². The van der Waals surface area contributed by atoms with Gasteiger partial charge < -0.3 is 14.8 Å². The van der Waals surface area contributed by atoms with Gasteiger partial charge in [-0.1, -0.05) is 0 Å². The molecule has 2 N–H and O–H groups in total. The largest absolute Gasteiger partial charge is 0.446 e. The summed E-state index contributed by atoms with van der Waals surface area (Å²) in [5, 5.41) is 9.85. The molecule has 0 unspecified atom stereocenters. The van der Waals surface area contributed by atoms with Crippen LogP contribution in [0.1, 0.15) is 66.7 Å². The van der Waals surface area contributed by atoms with Gasteiger partial charge in [0.15, 0.2) is 0 Å². The minimum atomic E-state index is -0.338. The average Bonchev–Trinajstić information content (AvgIpc) is 3.11. The maximum atomic E-state index is 12.5. The van der Waals surface area contributed by atoms with Gasteiger partial charge in [-0.2, -0.15) is 5.10 Å². The Hall–Kier alpha value is -3.01. The lowest BCUT2D eigenvalue weighted by Gasteiger charge is -2.16. The number of anilines is 1. The number of carbonyl (C=O) groups is 2. The summed E-state index contributed by atoms with van der Waals surface area (Å²) < 4.78 is 12.1. The Bertz CT molecular complexity index is 953. The van der Waals surface area contributed by atoms with E-state index in [-0.39, 0.29) is 35.5 Å². The fourth-order valence-corrected chi connectivity index (χ4v) is 3.83. The molecule has 2 atom stereocenters. The normalized spacial score (nSPS) is 21.5. The third-order valence-electron chi connectivity index (χ3n) is 5.89. The van der Waals surface area contributed by atoms with E-state index in [1.807, 2.05) is 6.92 Å². The van der Waals surface area contributed by atoms with Crippen LogP contribution in [0.4, 0.5) is 10.7 Å². The van der Waals surface area contributed by atoms with Crippen LogP contribution in [0.5, 0.6) is 0 Å². The molecule has 2 fully saturated rings. The zero-order valence-corrected chi connectivity index (χ0v) is 18.1. The van der Waals surface area contributed by atoms with Crippen molar-refractivity contribution in [1.29, 1.82) is 0 Å². The van der Waals surface area contributed by atoms with Gasteiger partial charge in [-0.3, -0.25) is 14.8 Å². The number of hydrogen-bond acceptors (Lipinski definition) is 7. The lowest BCUT2D eigenvalue weighted by atomic mass is 10.0. The zero-order valence-electron chi connectivity index (χ0n) is 18.1. The number of amides is 2. The van der Waals surface area contributed by atoms with Crippen LogP contribution in [0.2, 0.25) is 0 Å². The lowest BCUT2D eigenvalue weighted by molar-refractivity contribution is 0.0966. The Morgan fingerprint density at radius 1 is 1.26 bits per heavy atom. The Morgan fingerprint density at radius 3 is 2.68 bits per heavy atom. The summed E-state index contributed by atoms with van der Waals surface area (Å²) in [6, 6.07) is 1.67. The summed E-state index contributed by atoms with van der Waals surface area (Å²) in [5.74, 6) is 0.119. The first-order valence-electron chi connectivity index (χ1n) is 10.5. The van der Waals surface area contributed by atoms with Crippen molar-refractivity contribution in [2.75, 3.05) is 12.4 Å². The number of rotatable bonds is 7. The number of nitrogens with zero attached hydrogens (tertiary/aromatic N) is 4. The molecule has 0 aromatic carbocycles. The molecule has 2 aliphatic rings. The van der Waals surface area contributed by atoms with Crippen LogP contribution in [0.25, 0.3) is 0 Å². The average molecular weight is 428 g/mol. The molecule has 2 aromatic rings. The van der Waals surface area contributed by atoms with Crippen LogP contribution < -0.4 is 10.6 Å². The summed E-state index contributed by atoms with van der Waals surface area (Å²) in [4.78, 5) is 33.1. The van der Waals surface area contributed by atoms with E-state index in [1.54, 1.807) is 32.6 Å². The number of hydrogen-bond donors (Lipinski definition) is 2. The molecule has 10 nitrogen and oxygen atoms in total. The van der Waals surface area contributed by atoms with Crippen molar-refractivity contribution in [3.8, 4) is 0 Å². The highest BCUT2D eigenvalue weighted by atomic mass is 16.6. The van der Waals surface area contributed by atoms with Crippen molar-refractivity contribution < 1.29 is 19.1 Å². The fraction of sp³-hybridized carbons (Fsp3) is 0.571. The molecule has 4 rings (SSSR count). The number of methoxy groups -OCH3 is 1. The second-order valence-electron chi connectivity index (χ2n) is 8.59. The maximum absolute atomic E-state index is 12.5. The van der Waals surface area contributed by atoms with Crippen molar-refractivity contribution in [2.45, 2.75) is 63.2 Å². The topological polar surface area (TPSA) is 120 Å². The molecule has 10 heteroatoms. The van der Waals surface area contributed by atoms with Crippen LogP contribution in [-0.2, 0) is 23.1 Å². The Kier molecular flexibility index (Phi) is 5.90. The molecular weight excluding hydrogens is 400 g/mol. The second-order valence-corrected chi connectivity index (χ2v) is 8.59. The summed E-state index contributed by atoms with van der Waals surface area (Å²) in [6.07, 6.45) is 7.49. The van der Waals surface area contributed by atoms with Gasteiger partial charge in [-0.15, -0.1) is 0 Å². The van der Waals surface area contributed by atoms with E-state index < -0.39 is 0 Å². The van der Waals surface area contributed by atoms with Gasteiger partial charge in [0.05, 0.1) is 12.3 Å². The van der Waals surface area contributed by atoms with Gasteiger partial charge in [-0.05, 0) is 56.6 Å². The summed E-state index contributed by atoms with van der Waals surface area (Å²) in [5.41, 5.74) is 1.96. The third-order valence-corrected chi connectivity index (χ3v) is 5.89. The van der Waals surface area contributed by atoms with Crippen LogP contribution >= 0.6 is 0 Å². The van der Waals surface area contributed by atoms with E-state index in [0.29, 0.717) is 18.0 Å². The molecule has 166 valence electrons. The van der Waals surface area contributed by atoms with Gasteiger partial charge >= 0.3 is 6.09 Å².